The van der Waals surface area contributed by atoms with Crippen molar-refractivity contribution in [3.8, 4) is 0 Å². The summed E-state index contributed by atoms with van der Waals surface area (Å²) >= 11 is 0. The average molecular weight is 262 g/mol. The van der Waals surface area contributed by atoms with Gasteiger partial charge in [-0.25, -0.2) is 4.98 Å². The number of benzene rings is 1. The quantitative estimate of drug-likeness (QED) is 0.630. The van der Waals surface area contributed by atoms with Crippen molar-refractivity contribution in [1.29, 1.82) is 0 Å². The Morgan fingerprint density at radius 2 is 2.37 bits per heavy atom. The fourth-order valence-corrected chi connectivity index (χ4v) is 2.39. The number of anilines is 1. The lowest BCUT2D eigenvalue weighted by atomic mass is 10.1. The molecular formula is C12H14N4O3. The minimum atomic E-state index is -0.426. The number of hydrogen-bond donors (Lipinski definition) is 2. The van der Waals surface area contributed by atoms with Crippen molar-refractivity contribution in [1.82, 2.24) is 9.97 Å². The lowest BCUT2D eigenvalue weighted by Gasteiger charge is -2.29. The Hall–Kier alpha value is -2.15. The maximum atomic E-state index is 10.7. The van der Waals surface area contributed by atoms with Gasteiger partial charge in [-0.1, -0.05) is 0 Å². The molecule has 1 aliphatic heterocycles. The minimum Gasteiger partial charge on any atom is -0.391 e. The first-order chi connectivity index (χ1) is 9.13. The van der Waals surface area contributed by atoms with E-state index in [1.54, 1.807) is 6.07 Å². The fourth-order valence-electron chi connectivity index (χ4n) is 2.39. The van der Waals surface area contributed by atoms with Crippen LogP contribution in [-0.4, -0.2) is 39.2 Å². The normalized spacial score (nSPS) is 19.8. The molecule has 19 heavy (non-hydrogen) atoms. The summed E-state index contributed by atoms with van der Waals surface area (Å²) in [5, 5.41) is 20.4. The van der Waals surface area contributed by atoms with Gasteiger partial charge in [0.2, 0.25) is 5.95 Å². The Morgan fingerprint density at radius 3 is 3.11 bits per heavy atom. The van der Waals surface area contributed by atoms with Crippen molar-refractivity contribution >= 4 is 22.7 Å². The highest BCUT2D eigenvalue weighted by atomic mass is 16.6. The zero-order chi connectivity index (χ0) is 13.4. The van der Waals surface area contributed by atoms with Crippen LogP contribution >= 0.6 is 0 Å². The summed E-state index contributed by atoms with van der Waals surface area (Å²) in [6, 6.07) is 4.55. The number of β-amino-alcohol motifs (C(OH)–C–C–N with tert-alkyl or cyclic N) is 1. The molecule has 7 heteroatoms. The van der Waals surface area contributed by atoms with Crippen LogP contribution in [0.15, 0.2) is 18.2 Å². The van der Waals surface area contributed by atoms with Gasteiger partial charge in [0.15, 0.2) is 0 Å². The van der Waals surface area contributed by atoms with Crippen LogP contribution in [0.5, 0.6) is 0 Å². The number of piperidine rings is 1. The number of fused-ring (bicyclic) bond motifs is 1. The maximum Gasteiger partial charge on any atom is 0.271 e. The number of non-ortho nitro benzene ring substituents is 1. The smallest absolute Gasteiger partial charge is 0.271 e. The van der Waals surface area contributed by atoms with E-state index in [0.29, 0.717) is 23.5 Å². The topological polar surface area (TPSA) is 95.3 Å². The van der Waals surface area contributed by atoms with Crippen LogP contribution in [0.2, 0.25) is 0 Å². The third-order valence-corrected chi connectivity index (χ3v) is 3.36. The zero-order valence-electron chi connectivity index (χ0n) is 10.2. The van der Waals surface area contributed by atoms with Gasteiger partial charge in [-0.15, -0.1) is 0 Å². The van der Waals surface area contributed by atoms with Crippen LogP contribution < -0.4 is 4.90 Å². The molecule has 0 spiro atoms. The number of nitro groups is 1. The number of nitro benzene ring substituents is 1. The summed E-state index contributed by atoms with van der Waals surface area (Å²) in [5.74, 6) is 0.661. The highest BCUT2D eigenvalue weighted by Gasteiger charge is 2.20. The molecule has 1 aromatic carbocycles. The molecule has 1 saturated heterocycles. The molecule has 0 aliphatic carbocycles. The van der Waals surface area contributed by atoms with Crippen LogP contribution in [0.1, 0.15) is 12.8 Å². The summed E-state index contributed by atoms with van der Waals surface area (Å²) in [6.07, 6.45) is 1.39. The van der Waals surface area contributed by atoms with E-state index in [2.05, 4.69) is 9.97 Å². The standard InChI is InChI=1S/C12H14N4O3/c17-9-2-1-5-15(7-9)12-13-10-4-3-8(16(18)19)6-11(10)14-12/h3-4,6,9,17H,1-2,5,7H2,(H,13,14)/t9-/m1/s1. The molecule has 1 aromatic heterocycles. The van der Waals surface area contributed by atoms with Gasteiger partial charge in [0.25, 0.3) is 5.69 Å². The van der Waals surface area contributed by atoms with E-state index in [0.717, 1.165) is 19.4 Å². The third kappa shape index (κ3) is 2.24. The van der Waals surface area contributed by atoms with Crippen molar-refractivity contribution in [3.05, 3.63) is 28.3 Å². The van der Waals surface area contributed by atoms with Crippen LogP contribution in [0.4, 0.5) is 11.6 Å². The Labute approximate surface area is 109 Å². The monoisotopic (exact) mass is 262 g/mol. The molecule has 1 atom stereocenters. The number of aromatic nitrogens is 2. The molecule has 2 N–H and O–H groups in total. The van der Waals surface area contributed by atoms with E-state index in [-0.39, 0.29) is 11.8 Å². The SMILES string of the molecule is O=[N+]([O-])c1ccc2nc(N3CCC[C@@H](O)C3)[nH]c2c1. The molecule has 0 unspecified atom stereocenters. The van der Waals surface area contributed by atoms with E-state index >= 15 is 0 Å². The van der Waals surface area contributed by atoms with Gasteiger partial charge in [-0.05, 0) is 18.9 Å². The van der Waals surface area contributed by atoms with Crippen molar-refractivity contribution < 1.29 is 10.0 Å². The number of aromatic amines is 1. The van der Waals surface area contributed by atoms with E-state index in [4.69, 9.17) is 0 Å². The molecule has 3 rings (SSSR count). The lowest BCUT2D eigenvalue weighted by molar-refractivity contribution is -0.384. The van der Waals surface area contributed by atoms with Gasteiger partial charge in [0.05, 0.1) is 22.1 Å². The molecule has 7 nitrogen and oxygen atoms in total. The Morgan fingerprint density at radius 1 is 1.53 bits per heavy atom. The summed E-state index contributed by atoms with van der Waals surface area (Å²) < 4.78 is 0. The number of aliphatic hydroxyl groups excluding tert-OH is 1. The van der Waals surface area contributed by atoms with E-state index in [1.807, 2.05) is 4.90 Å². The molecule has 0 saturated carbocycles. The second-order valence-corrected chi connectivity index (χ2v) is 4.76. The predicted molar refractivity (Wildman–Crippen MR) is 70.2 cm³/mol. The molecule has 1 fully saturated rings. The lowest BCUT2D eigenvalue weighted by Crippen LogP contribution is -2.38. The molecule has 100 valence electrons. The second-order valence-electron chi connectivity index (χ2n) is 4.76. The van der Waals surface area contributed by atoms with Crippen LogP contribution in [0.25, 0.3) is 11.0 Å². The molecule has 2 aromatic rings. The first kappa shape index (κ1) is 11.9. The van der Waals surface area contributed by atoms with Gasteiger partial charge in [0, 0.05) is 25.2 Å². The van der Waals surface area contributed by atoms with Crippen LogP contribution in [-0.2, 0) is 0 Å². The summed E-state index contributed by atoms with van der Waals surface area (Å²) in [7, 11) is 0. The van der Waals surface area contributed by atoms with Crippen LogP contribution in [0, 0.1) is 10.1 Å². The Bertz CT molecular complexity index is 624. The summed E-state index contributed by atoms with van der Waals surface area (Å²) in [6.45, 7) is 1.38. The second kappa shape index (κ2) is 4.51. The van der Waals surface area contributed by atoms with Crippen molar-refractivity contribution in [2.45, 2.75) is 18.9 Å². The molecule has 2 heterocycles. The number of aliphatic hydroxyl groups is 1. The fraction of sp³-hybridized carbons (Fsp3) is 0.417. The van der Waals surface area contributed by atoms with Gasteiger partial charge in [-0.3, -0.25) is 10.1 Å². The van der Waals surface area contributed by atoms with Crippen LogP contribution in [0.3, 0.4) is 0 Å². The van der Waals surface area contributed by atoms with E-state index in [1.165, 1.54) is 12.1 Å². The predicted octanol–water partition coefficient (Wildman–Crippen LogP) is 1.43. The van der Waals surface area contributed by atoms with Crippen molar-refractivity contribution in [2.75, 3.05) is 18.0 Å². The van der Waals surface area contributed by atoms with Gasteiger partial charge in [0.1, 0.15) is 0 Å². The molecule has 0 amide bonds. The average Bonchev–Trinajstić information content (AvgIpc) is 2.81. The van der Waals surface area contributed by atoms with E-state index in [9.17, 15) is 15.2 Å². The molecule has 0 bridgehead atoms. The van der Waals surface area contributed by atoms with Gasteiger partial charge < -0.3 is 15.0 Å². The molecular weight excluding hydrogens is 248 g/mol. The van der Waals surface area contributed by atoms with Gasteiger partial charge in [-0.2, -0.15) is 0 Å². The van der Waals surface area contributed by atoms with Gasteiger partial charge >= 0.3 is 0 Å². The largest absolute Gasteiger partial charge is 0.391 e. The Kier molecular flexibility index (Phi) is 2.83. The minimum absolute atomic E-state index is 0.0429. The first-order valence-corrected chi connectivity index (χ1v) is 6.20. The number of nitrogens with zero attached hydrogens (tertiary/aromatic N) is 3. The van der Waals surface area contributed by atoms with Crippen molar-refractivity contribution in [3.63, 3.8) is 0 Å². The number of imidazole rings is 1. The Balaban J connectivity index is 1.94. The highest BCUT2D eigenvalue weighted by Crippen LogP contribution is 2.24. The van der Waals surface area contributed by atoms with E-state index < -0.39 is 4.92 Å². The number of H-pyrrole nitrogens is 1. The van der Waals surface area contributed by atoms with Crippen molar-refractivity contribution in [2.24, 2.45) is 0 Å². The highest BCUT2D eigenvalue weighted by molar-refractivity contribution is 5.80. The third-order valence-electron chi connectivity index (χ3n) is 3.36. The number of hydrogen-bond acceptors (Lipinski definition) is 5. The molecule has 0 radical (unpaired) electrons. The summed E-state index contributed by atoms with van der Waals surface area (Å²) in [5.41, 5.74) is 1.38. The number of nitrogens with one attached hydrogen (secondary N) is 1. The zero-order valence-corrected chi connectivity index (χ0v) is 10.2. The maximum absolute atomic E-state index is 10.7. The number of rotatable bonds is 2. The first-order valence-electron chi connectivity index (χ1n) is 6.20. The summed E-state index contributed by atoms with van der Waals surface area (Å²) in [4.78, 5) is 19.8. The molecule has 1 aliphatic rings.